The lowest BCUT2D eigenvalue weighted by Crippen LogP contribution is -2.43. The second-order valence-corrected chi connectivity index (χ2v) is 9.39. The lowest BCUT2D eigenvalue weighted by molar-refractivity contribution is -0.120. The molecule has 1 aromatic heterocycles. The molecule has 0 bridgehead atoms. The average molecular weight is 428 g/mol. The van der Waals surface area contributed by atoms with E-state index in [-0.39, 0.29) is 17.3 Å². The molecule has 4 rings (SSSR count). The molecule has 0 unspecified atom stereocenters. The fourth-order valence-electron chi connectivity index (χ4n) is 3.71. The maximum atomic E-state index is 13.8. The fourth-order valence-corrected chi connectivity index (χ4v) is 5.40. The highest BCUT2D eigenvalue weighted by atomic mass is 32.2. The Balaban J connectivity index is 1.55. The van der Waals surface area contributed by atoms with Gasteiger partial charge in [0.2, 0.25) is 15.9 Å². The number of hydrogen-bond donors (Lipinski definition) is 1. The highest BCUT2D eigenvalue weighted by Crippen LogP contribution is 2.28. The predicted octanol–water partition coefficient (Wildman–Crippen LogP) is 3.72. The number of nitrogens with zero attached hydrogens (tertiary/aromatic N) is 2. The number of aromatic nitrogens is 1. The molecule has 1 saturated heterocycles. The van der Waals surface area contributed by atoms with Gasteiger partial charge >= 0.3 is 0 Å². The van der Waals surface area contributed by atoms with Crippen molar-refractivity contribution in [3.63, 3.8) is 0 Å². The number of carbonyl (C=O) groups is 1. The zero-order valence-corrected chi connectivity index (χ0v) is 17.3. The van der Waals surface area contributed by atoms with Crippen LogP contribution < -0.4 is 5.32 Å². The normalized spacial score (nSPS) is 17.7. The third-order valence-electron chi connectivity index (χ3n) is 5.41. The molecule has 6 nitrogen and oxygen atoms in total. The first-order chi connectivity index (χ1) is 14.4. The van der Waals surface area contributed by atoms with Crippen molar-refractivity contribution in [3.8, 4) is 0 Å². The summed E-state index contributed by atoms with van der Waals surface area (Å²) in [6, 6.07) is 13.1. The highest BCUT2D eigenvalue weighted by Gasteiger charge is 2.34. The summed E-state index contributed by atoms with van der Waals surface area (Å²) in [6.07, 6.45) is 2.70. The van der Waals surface area contributed by atoms with Crippen LogP contribution in [0.2, 0.25) is 0 Å². The largest absolute Gasteiger partial charge is 0.326 e. The summed E-state index contributed by atoms with van der Waals surface area (Å²) < 4.78 is 41.7. The summed E-state index contributed by atoms with van der Waals surface area (Å²) in [5.41, 5.74) is 1.27. The van der Waals surface area contributed by atoms with E-state index in [2.05, 4.69) is 10.3 Å². The molecular formula is C22H22FN3O3S. The van der Waals surface area contributed by atoms with Gasteiger partial charge in [-0.2, -0.15) is 4.31 Å². The zero-order chi connectivity index (χ0) is 21.3. The molecule has 1 aliphatic heterocycles. The monoisotopic (exact) mass is 427 g/mol. The summed E-state index contributed by atoms with van der Waals surface area (Å²) in [5, 5.41) is 3.45. The van der Waals surface area contributed by atoms with Crippen molar-refractivity contribution >= 4 is 32.5 Å². The van der Waals surface area contributed by atoms with Gasteiger partial charge in [-0.25, -0.2) is 12.8 Å². The molecule has 30 heavy (non-hydrogen) atoms. The average Bonchev–Trinajstić information content (AvgIpc) is 2.76. The SMILES string of the molecule is Cc1ccc(NC(=O)[C@@H]2CCCN(S(=O)(=O)c3cccc4cccnc34)C2)cc1F. The zero-order valence-electron chi connectivity index (χ0n) is 16.5. The van der Waals surface area contributed by atoms with E-state index in [0.717, 1.165) is 5.39 Å². The van der Waals surface area contributed by atoms with Crippen LogP contribution in [0.4, 0.5) is 10.1 Å². The Kier molecular flexibility index (Phi) is 5.53. The number of amides is 1. The van der Waals surface area contributed by atoms with E-state index < -0.39 is 21.8 Å². The van der Waals surface area contributed by atoms with Gasteiger partial charge in [0.25, 0.3) is 0 Å². The van der Waals surface area contributed by atoms with E-state index in [0.29, 0.717) is 36.2 Å². The standard InChI is InChI=1S/C22H22FN3O3S/c1-15-9-10-18(13-19(15)23)25-22(27)17-7-4-12-26(14-17)30(28,29)20-8-2-5-16-6-3-11-24-21(16)20/h2-3,5-6,8-11,13,17H,4,7,12,14H2,1H3,(H,25,27)/t17-/m1/s1. The van der Waals surface area contributed by atoms with E-state index in [1.165, 1.54) is 10.4 Å². The molecule has 1 fully saturated rings. The van der Waals surface area contributed by atoms with Crippen molar-refractivity contribution in [1.29, 1.82) is 0 Å². The van der Waals surface area contributed by atoms with Gasteiger partial charge in [0.1, 0.15) is 10.7 Å². The molecule has 1 amide bonds. The Morgan fingerprint density at radius 3 is 2.80 bits per heavy atom. The molecule has 8 heteroatoms. The minimum absolute atomic E-state index is 0.0751. The van der Waals surface area contributed by atoms with Crippen LogP contribution in [0.3, 0.4) is 0 Å². The van der Waals surface area contributed by atoms with Crippen LogP contribution in [0.5, 0.6) is 0 Å². The molecule has 2 heterocycles. The van der Waals surface area contributed by atoms with E-state index in [1.54, 1.807) is 43.5 Å². The number of pyridine rings is 1. The number of halogens is 1. The minimum Gasteiger partial charge on any atom is -0.326 e. The summed E-state index contributed by atoms with van der Waals surface area (Å²) in [7, 11) is -3.81. The summed E-state index contributed by atoms with van der Waals surface area (Å²) in [6.45, 7) is 2.06. The van der Waals surface area contributed by atoms with Gasteiger partial charge in [0.05, 0.1) is 11.4 Å². The molecular weight excluding hydrogens is 405 g/mol. The van der Waals surface area contributed by atoms with Gasteiger partial charge in [-0.05, 0) is 49.6 Å². The number of aryl methyl sites for hydroxylation is 1. The molecule has 1 aliphatic rings. The Bertz CT molecular complexity index is 1210. The molecule has 0 aliphatic carbocycles. The number of rotatable bonds is 4. The number of carbonyl (C=O) groups excluding carboxylic acids is 1. The van der Waals surface area contributed by atoms with E-state index >= 15 is 0 Å². The van der Waals surface area contributed by atoms with Gasteiger partial charge in [0.15, 0.2) is 0 Å². The van der Waals surface area contributed by atoms with Crippen molar-refractivity contribution in [2.75, 3.05) is 18.4 Å². The molecule has 156 valence electrons. The van der Waals surface area contributed by atoms with Crippen LogP contribution in [0, 0.1) is 18.7 Å². The van der Waals surface area contributed by atoms with Gasteiger partial charge in [-0.3, -0.25) is 9.78 Å². The highest BCUT2D eigenvalue weighted by molar-refractivity contribution is 7.89. The van der Waals surface area contributed by atoms with Crippen molar-refractivity contribution in [2.45, 2.75) is 24.7 Å². The Hall–Kier alpha value is -2.84. The van der Waals surface area contributed by atoms with Gasteiger partial charge in [-0.15, -0.1) is 0 Å². The maximum absolute atomic E-state index is 13.8. The van der Waals surface area contributed by atoms with Gasteiger partial charge in [-0.1, -0.05) is 24.3 Å². The number of sulfonamides is 1. The van der Waals surface area contributed by atoms with Crippen molar-refractivity contribution in [3.05, 3.63) is 66.1 Å². The lowest BCUT2D eigenvalue weighted by Gasteiger charge is -2.31. The van der Waals surface area contributed by atoms with Crippen molar-refractivity contribution in [1.82, 2.24) is 9.29 Å². The Morgan fingerprint density at radius 1 is 1.20 bits per heavy atom. The summed E-state index contributed by atoms with van der Waals surface area (Å²) in [4.78, 5) is 17.1. The number of piperidine rings is 1. The minimum atomic E-state index is -3.81. The molecule has 1 atom stereocenters. The van der Waals surface area contributed by atoms with Gasteiger partial charge in [0, 0.05) is 30.4 Å². The number of fused-ring (bicyclic) bond motifs is 1. The summed E-state index contributed by atoms with van der Waals surface area (Å²) >= 11 is 0. The quantitative estimate of drug-likeness (QED) is 0.688. The predicted molar refractivity (Wildman–Crippen MR) is 113 cm³/mol. The molecule has 0 spiro atoms. The number of nitrogens with one attached hydrogen (secondary N) is 1. The van der Waals surface area contributed by atoms with Crippen LogP contribution >= 0.6 is 0 Å². The second-order valence-electron chi connectivity index (χ2n) is 7.49. The van der Waals surface area contributed by atoms with E-state index in [4.69, 9.17) is 0 Å². The first-order valence-corrected chi connectivity index (χ1v) is 11.2. The molecule has 0 saturated carbocycles. The Labute approximate surface area is 174 Å². The molecule has 3 aromatic rings. The van der Waals surface area contributed by atoms with Crippen molar-refractivity contribution in [2.24, 2.45) is 5.92 Å². The van der Waals surface area contributed by atoms with Crippen molar-refractivity contribution < 1.29 is 17.6 Å². The third-order valence-corrected chi connectivity index (χ3v) is 7.30. The second kappa shape index (κ2) is 8.12. The smallest absolute Gasteiger partial charge is 0.245 e. The van der Waals surface area contributed by atoms with E-state index in [1.807, 2.05) is 12.1 Å². The lowest BCUT2D eigenvalue weighted by atomic mass is 9.98. The fraction of sp³-hybridized carbons (Fsp3) is 0.273. The maximum Gasteiger partial charge on any atom is 0.245 e. The third kappa shape index (κ3) is 3.93. The number of hydrogen-bond acceptors (Lipinski definition) is 4. The van der Waals surface area contributed by atoms with Crippen LogP contribution in [0.15, 0.2) is 59.6 Å². The first-order valence-electron chi connectivity index (χ1n) is 9.77. The number of anilines is 1. The summed E-state index contributed by atoms with van der Waals surface area (Å²) in [5.74, 6) is -1.22. The molecule has 2 aromatic carbocycles. The van der Waals surface area contributed by atoms with E-state index in [9.17, 15) is 17.6 Å². The molecule has 0 radical (unpaired) electrons. The van der Waals surface area contributed by atoms with Crippen LogP contribution in [0.25, 0.3) is 10.9 Å². The number of para-hydroxylation sites is 1. The number of benzene rings is 2. The van der Waals surface area contributed by atoms with Crippen LogP contribution in [-0.2, 0) is 14.8 Å². The first kappa shape index (κ1) is 20.4. The van der Waals surface area contributed by atoms with Crippen LogP contribution in [-0.4, -0.2) is 36.7 Å². The van der Waals surface area contributed by atoms with Crippen LogP contribution in [0.1, 0.15) is 18.4 Å². The van der Waals surface area contributed by atoms with Gasteiger partial charge < -0.3 is 5.32 Å². The Morgan fingerprint density at radius 2 is 2.00 bits per heavy atom. The molecule has 1 N–H and O–H groups in total. The topological polar surface area (TPSA) is 79.4 Å².